The first-order chi connectivity index (χ1) is 15.4. The number of benzene rings is 3. The Morgan fingerprint density at radius 3 is 1.77 bits per heavy atom. The summed E-state index contributed by atoms with van der Waals surface area (Å²) in [6.07, 6.45) is 6.58. The summed E-state index contributed by atoms with van der Waals surface area (Å²) >= 11 is 0. The van der Waals surface area contributed by atoms with Gasteiger partial charge in [-0.2, -0.15) is 0 Å². The summed E-state index contributed by atoms with van der Waals surface area (Å²) in [7, 11) is 0. The largest absolute Gasteiger partial charge is 0.369 e. The van der Waals surface area contributed by atoms with Gasteiger partial charge < -0.3 is 4.74 Å². The minimum atomic E-state index is 0.0253. The van der Waals surface area contributed by atoms with Crippen molar-refractivity contribution in [2.75, 3.05) is 6.61 Å². The second-order valence-electron chi connectivity index (χ2n) is 9.24. The molecule has 2 heteroatoms. The third-order valence-corrected chi connectivity index (χ3v) is 7.21. The fourth-order valence-corrected chi connectivity index (χ4v) is 5.67. The van der Waals surface area contributed by atoms with Crippen LogP contribution in [-0.2, 0) is 11.3 Å². The van der Waals surface area contributed by atoms with Crippen LogP contribution < -0.4 is 0 Å². The molecule has 3 aromatic rings. The molecule has 2 saturated heterocycles. The van der Waals surface area contributed by atoms with Gasteiger partial charge in [0, 0.05) is 25.2 Å². The molecule has 0 N–H and O–H groups in total. The molecule has 0 saturated carbocycles. The van der Waals surface area contributed by atoms with E-state index in [-0.39, 0.29) is 6.10 Å². The number of nitrogens with zero attached hydrogens (tertiary/aromatic N) is 1. The first-order valence-corrected chi connectivity index (χ1v) is 11.9. The SMILES string of the molecule is c1ccc(CN2C3CCC2CC(CCOC(c2ccccc2)c2ccccc2)C3)cc1. The van der Waals surface area contributed by atoms with E-state index in [0.717, 1.165) is 31.2 Å². The molecule has 2 heterocycles. The minimum Gasteiger partial charge on any atom is -0.369 e. The molecule has 2 bridgehead atoms. The van der Waals surface area contributed by atoms with E-state index in [4.69, 9.17) is 4.74 Å². The van der Waals surface area contributed by atoms with Crippen molar-refractivity contribution < 1.29 is 4.74 Å². The van der Waals surface area contributed by atoms with Gasteiger partial charge >= 0.3 is 0 Å². The Bertz CT molecular complexity index is 873. The molecule has 2 aliphatic rings. The number of piperidine rings is 1. The van der Waals surface area contributed by atoms with Crippen LogP contribution in [0.5, 0.6) is 0 Å². The van der Waals surface area contributed by atoms with Gasteiger partial charge in [0.2, 0.25) is 0 Å². The Kier molecular flexibility index (Phi) is 6.48. The molecule has 2 unspecified atom stereocenters. The molecule has 31 heavy (non-hydrogen) atoms. The third-order valence-electron chi connectivity index (χ3n) is 7.21. The quantitative estimate of drug-likeness (QED) is 0.413. The van der Waals surface area contributed by atoms with Crippen LogP contribution in [0, 0.1) is 5.92 Å². The maximum atomic E-state index is 6.52. The van der Waals surface area contributed by atoms with Crippen LogP contribution in [0.25, 0.3) is 0 Å². The summed E-state index contributed by atoms with van der Waals surface area (Å²) in [6, 6.07) is 33.8. The minimum absolute atomic E-state index is 0.0253. The van der Waals surface area contributed by atoms with Gasteiger partial charge in [0.15, 0.2) is 0 Å². The highest BCUT2D eigenvalue weighted by Gasteiger charge is 2.40. The highest BCUT2D eigenvalue weighted by Crippen LogP contribution is 2.41. The van der Waals surface area contributed by atoms with E-state index in [9.17, 15) is 0 Å². The van der Waals surface area contributed by atoms with Crippen molar-refractivity contribution in [3.8, 4) is 0 Å². The number of fused-ring (bicyclic) bond motifs is 2. The monoisotopic (exact) mass is 411 g/mol. The van der Waals surface area contributed by atoms with Gasteiger partial charge in [-0.3, -0.25) is 4.90 Å². The molecule has 2 atom stereocenters. The first-order valence-electron chi connectivity index (χ1n) is 11.9. The zero-order chi connectivity index (χ0) is 20.9. The molecule has 2 aliphatic heterocycles. The zero-order valence-corrected chi connectivity index (χ0v) is 18.3. The van der Waals surface area contributed by atoms with Gasteiger partial charge in [-0.05, 0) is 54.7 Å². The van der Waals surface area contributed by atoms with Crippen molar-refractivity contribution in [2.45, 2.75) is 56.8 Å². The van der Waals surface area contributed by atoms with Crippen molar-refractivity contribution in [1.29, 1.82) is 0 Å². The predicted molar refractivity (Wildman–Crippen MR) is 127 cm³/mol. The van der Waals surface area contributed by atoms with Crippen molar-refractivity contribution in [2.24, 2.45) is 5.92 Å². The van der Waals surface area contributed by atoms with E-state index in [1.54, 1.807) is 0 Å². The molecule has 5 rings (SSSR count). The molecule has 0 amide bonds. The van der Waals surface area contributed by atoms with Crippen LogP contribution in [-0.4, -0.2) is 23.6 Å². The standard InChI is InChI=1S/C29H33NO/c1-4-10-23(11-5-1)22-30-27-16-17-28(30)21-24(20-27)18-19-31-29(25-12-6-2-7-13-25)26-14-8-3-9-15-26/h1-15,24,27-29H,16-22H2. The van der Waals surface area contributed by atoms with Crippen LogP contribution in [0.15, 0.2) is 91.0 Å². The van der Waals surface area contributed by atoms with E-state index < -0.39 is 0 Å². The smallest absolute Gasteiger partial charge is 0.108 e. The Morgan fingerprint density at radius 2 is 1.23 bits per heavy atom. The lowest BCUT2D eigenvalue weighted by atomic mass is 9.88. The lowest BCUT2D eigenvalue weighted by Crippen LogP contribution is -2.42. The van der Waals surface area contributed by atoms with E-state index in [0.29, 0.717) is 0 Å². The van der Waals surface area contributed by atoms with Crippen molar-refractivity contribution in [1.82, 2.24) is 4.90 Å². The van der Waals surface area contributed by atoms with Gasteiger partial charge in [-0.15, -0.1) is 0 Å². The highest BCUT2D eigenvalue weighted by molar-refractivity contribution is 5.29. The van der Waals surface area contributed by atoms with Crippen LogP contribution in [0.4, 0.5) is 0 Å². The molecular formula is C29H33NO. The summed E-state index contributed by atoms with van der Waals surface area (Å²) in [6.45, 7) is 1.95. The number of hydrogen-bond donors (Lipinski definition) is 0. The molecule has 2 nitrogen and oxygen atoms in total. The van der Waals surface area contributed by atoms with Crippen molar-refractivity contribution in [3.05, 3.63) is 108 Å². The molecule has 0 spiro atoms. The summed E-state index contributed by atoms with van der Waals surface area (Å²) in [5.41, 5.74) is 3.94. The van der Waals surface area contributed by atoms with Gasteiger partial charge in [-0.25, -0.2) is 0 Å². The molecule has 2 fully saturated rings. The zero-order valence-electron chi connectivity index (χ0n) is 18.3. The third kappa shape index (κ3) is 4.92. The number of rotatable bonds is 8. The van der Waals surface area contributed by atoms with E-state index in [1.807, 2.05) is 0 Å². The Hall–Kier alpha value is -2.42. The van der Waals surface area contributed by atoms with Crippen LogP contribution in [0.1, 0.15) is 54.9 Å². The van der Waals surface area contributed by atoms with E-state index >= 15 is 0 Å². The predicted octanol–water partition coefficient (Wildman–Crippen LogP) is 6.63. The fourth-order valence-electron chi connectivity index (χ4n) is 5.67. The summed E-state index contributed by atoms with van der Waals surface area (Å²) in [4.78, 5) is 2.78. The second kappa shape index (κ2) is 9.80. The molecular weight excluding hydrogens is 378 g/mol. The van der Waals surface area contributed by atoms with Gasteiger partial charge in [0.05, 0.1) is 0 Å². The highest BCUT2D eigenvalue weighted by atomic mass is 16.5. The normalized spacial score (nSPS) is 23.3. The first kappa shape index (κ1) is 20.5. The second-order valence-corrected chi connectivity index (χ2v) is 9.24. The Morgan fingerprint density at radius 1 is 0.710 bits per heavy atom. The topological polar surface area (TPSA) is 12.5 Å². The van der Waals surface area contributed by atoms with Gasteiger partial charge in [0.1, 0.15) is 6.10 Å². The van der Waals surface area contributed by atoms with E-state index in [2.05, 4.69) is 95.9 Å². The molecule has 0 radical (unpaired) electrons. The Balaban J connectivity index is 1.18. The van der Waals surface area contributed by atoms with Crippen molar-refractivity contribution in [3.63, 3.8) is 0 Å². The average molecular weight is 412 g/mol. The average Bonchev–Trinajstić information content (AvgIpc) is 3.05. The van der Waals surface area contributed by atoms with Gasteiger partial charge in [0.25, 0.3) is 0 Å². The van der Waals surface area contributed by atoms with E-state index in [1.165, 1.54) is 48.8 Å². The lowest BCUT2D eigenvalue weighted by molar-refractivity contribution is 0.0442. The van der Waals surface area contributed by atoms with Crippen molar-refractivity contribution >= 4 is 0 Å². The summed E-state index contributed by atoms with van der Waals surface area (Å²) in [5.74, 6) is 0.789. The maximum absolute atomic E-state index is 6.52. The number of hydrogen-bond acceptors (Lipinski definition) is 2. The molecule has 160 valence electrons. The number of ether oxygens (including phenoxy) is 1. The Labute approximate surface area is 186 Å². The maximum Gasteiger partial charge on any atom is 0.108 e. The van der Waals surface area contributed by atoms with Crippen LogP contribution in [0.2, 0.25) is 0 Å². The summed E-state index contributed by atoms with van der Waals surface area (Å²) in [5, 5.41) is 0. The molecule has 0 aliphatic carbocycles. The fraction of sp³-hybridized carbons (Fsp3) is 0.379. The van der Waals surface area contributed by atoms with Crippen LogP contribution in [0.3, 0.4) is 0 Å². The molecule has 3 aromatic carbocycles. The lowest BCUT2D eigenvalue weighted by Gasteiger charge is -2.39. The molecule has 0 aromatic heterocycles. The van der Waals surface area contributed by atoms with Crippen LogP contribution >= 0.6 is 0 Å². The summed E-state index contributed by atoms with van der Waals surface area (Å²) < 4.78 is 6.52. The van der Waals surface area contributed by atoms with Gasteiger partial charge in [-0.1, -0.05) is 91.0 Å².